The van der Waals surface area contributed by atoms with Crippen LogP contribution >= 0.6 is 0 Å². The maximum Gasteiger partial charge on any atom is 0.100 e. The lowest BCUT2D eigenvalue weighted by atomic mass is 9.84. The SMILES string of the molecule is CC(C)(C)c1ccc(-c2c3ccccc3c(C#N)c3ccccc23)cc1. The van der Waals surface area contributed by atoms with Gasteiger partial charge in [0.15, 0.2) is 0 Å². The van der Waals surface area contributed by atoms with Crippen molar-refractivity contribution in [1.29, 1.82) is 5.26 Å². The van der Waals surface area contributed by atoms with Crippen molar-refractivity contribution in [3.05, 3.63) is 83.9 Å². The summed E-state index contributed by atoms with van der Waals surface area (Å²) in [5, 5.41) is 14.1. The van der Waals surface area contributed by atoms with E-state index in [9.17, 15) is 5.26 Å². The Labute approximate surface area is 154 Å². The molecule has 0 saturated carbocycles. The van der Waals surface area contributed by atoms with Gasteiger partial charge in [-0.2, -0.15) is 5.26 Å². The minimum absolute atomic E-state index is 0.132. The molecule has 0 unspecified atom stereocenters. The van der Waals surface area contributed by atoms with Crippen LogP contribution < -0.4 is 0 Å². The zero-order valence-electron chi connectivity index (χ0n) is 15.4. The van der Waals surface area contributed by atoms with Crippen molar-refractivity contribution in [1.82, 2.24) is 0 Å². The molecule has 0 heterocycles. The maximum atomic E-state index is 9.77. The van der Waals surface area contributed by atoms with Crippen LogP contribution in [0.1, 0.15) is 31.9 Å². The van der Waals surface area contributed by atoms with Gasteiger partial charge in [-0.3, -0.25) is 0 Å². The molecular formula is C25H21N. The molecule has 0 fully saturated rings. The number of fused-ring (bicyclic) bond motifs is 2. The Morgan fingerprint density at radius 3 is 1.54 bits per heavy atom. The Kier molecular flexibility index (Phi) is 3.78. The first-order valence-electron chi connectivity index (χ1n) is 8.95. The Bertz CT molecular complexity index is 1100. The van der Waals surface area contributed by atoms with Gasteiger partial charge >= 0.3 is 0 Å². The molecule has 0 spiro atoms. The van der Waals surface area contributed by atoms with Gasteiger partial charge in [-0.25, -0.2) is 0 Å². The van der Waals surface area contributed by atoms with Crippen LogP contribution in [0.5, 0.6) is 0 Å². The van der Waals surface area contributed by atoms with Crippen LogP contribution in [0.25, 0.3) is 32.7 Å². The Hall–Kier alpha value is -3.11. The predicted octanol–water partition coefficient (Wildman–Crippen LogP) is 6.83. The van der Waals surface area contributed by atoms with Gasteiger partial charge in [-0.15, -0.1) is 0 Å². The molecule has 0 aliphatic heterocycles. The molecule has 0 aliphatic carbocycles. The first kappa shape index (κ1) is 16.4. The monoisotopic (exact) mass is 335 g/mol. The Morgan fingerprint density at radius 2 is 1.12 bits per heavy atom. The third kappa shape index (κ3) is 2.55. The fourth-order valence-electron chi connectivity index (χ4n) is 3.70. The maximum absolute atomic E-state index is 9.77. The zero-order valence-corrected chi connectivity index (χ0v) is 15.4. The molecule has 0 aliphatic rings. The highest BCUT2D eigenvalue weighted by Gasteiger charge is 2.16. The van der Waals surface area contributed by atoms with Crippen molar-refractivity contribution in [2.75, 3.05) is 0 Å². The van der Waals surface area contributed by atoms with E-state index in [4.69, 9.17) is 0 Å². The summed E-state index contributed by atoms with van der Waals surface area (Å²) in [4.78, 5) is 0. The van der Waals surface area contributed by atoms with Gasteiger partial charge in [-0.1, -0.05) is 93.6 Å². The van der Waals surface area contributed by atoms with Gasteiger partial charge in [0.05, 0.1) is 5.56 Å². The number of nitrogens with zero attached hydrogens (tertiary/aromatic N) is 1. The van der Waals surface area contributed by atoms with E-state index < -0.39 is 0 Å². The second-order valence-electron chi connectivity index (χ2n) is 7.78. The van der Waals surface area contributed by atoms with E-state index in [0.717, 1.165) is 27.1 Å². The molecule has 0 N–H and O–H groups in total. The molecule has 26 heavy (non-hydrogen) atoms. The van der Waals surface area contributed by atoms with Crippen LogP contribution in [-0.4, -0.2) is 0 Å². The second-order valence-corrected chi connectivity index (χ2v) is 7.78. The number of benzene rings is 4. The van der Waals surface area contributed by atoms with Gasteiger partial charge < -0.3 is 0 Å². The van der Waals surface area contributed by atoms with Crippen molar-refractivity contribution >= 4 is 21.5 Å². The summed E-state index contributed by atoms with van der Waals surface area (Å²) in [5.41, 5.74) is 4.60. The minimum Gasteiger partial charge on any atom is -0.192 e. The second kappa shape index (κ2) is 6.00. The molecule has 1 heteroatoms. The fraction of sp³-hybridized carbons (Fsp3) is 0.160. The van der Waals surface area contributed by atoms with Crippen LogP contribution in [0, 0.1) is 11.3 Å². The molecule has 126 valence electrons. The van der Waals surface area contributed by atoms with E-state index >= 15 is 0 Å². The van der Waals surface area contributed by atoms with Gasteiger partial charge in [-0.05, 0) is 32.9 Å². The summed E-state index contributed by atoms with van der Waals surface area (Å²) in [7, 11) is 0. The van der Waals surface area contributed by atoms with E-state index in [1.54, 1.807) is 0 Å². The summed E-state index contributed by atoms with van der Waals surface area (Å²) >= 11 is 0. The lowest BCUT2D eigenvalue weighted by Gasteiger charge is -2.20. The van der Waals surface area contributed by atoms with Crippen LogP contribution in [0.4, 0.5) is 0 Å². The average molecular weight is 335 g/mol. The topological polar surface area (TPSA) is 23.8 Å². The van der Waals surface area contributed by atoms with E-state index in [0.29, 0.717) is 0 Å². The summed E-state index contributed by atoms with van der Waals surface area (Å²) in [6.07, 6.45) is 0. The third-order valence-electron chi connectivity index (χ3n) is 5.08. The highest BCUT2D eigenvalue weighted by atomic mass is 14.3. The van der Waals surface area contributed by atoms with E-state index in [2.05, 4.69) is 63.2 Å². The summed E-state index contributed by atoms with van der Waals surface area (Å²) < 4.78 is 0. The molecule has 4 aromatic carbocycles. The lowest BCUT2D eigenvalue weighted by molar-refractivity contribution is 0.590. The van der Waals surface area contributed by atoms with Gasteiger partial charge in [0.1, 0.15) is 6.07 Å². The molecule has 4 rings (SSSR count). The minimum atomic E-state index is 0.132. The molecule has 1 nitrogen and oxygen atoms in total. The number of rotatable bonds is 1. The molecule has 0 amide bonds. The first-order chi connectivity index (χ1) is 12.5. The van der Waals surface area contributed by atoms with Gasteiger partial charge in [0.2, 0.25) is 0 Å². The number of hydrogen-bond acceptors (Lipinski definition) is 1. The lowest BCUT2D eigenvalue weighted by Crippen LogP contribution is -2.10. The molecule has 0 bridgehead atoms. The van der Waals surface area contributed by atoms with Crippen LogP contribution in [-0.2, 0) is 5.41 Å². The summed E-state index contributed by atoms with van der Waals surface area (Å²) in [6, 6.07) is 27.7. The molecule has 0 atom stereocenters. The normalized spacial score (nSPS) is 11.6. The Morgan fingerprint density at radius 1 is 0.654 bits per heavy atom. The molecular weight excluding hydrogens is 314 g/mol. The van der Waals surface area contributed by atoms with Crippen molar-refractivity contribution in [2.24, 2.45) is 0 Å². The van der Waals surface area contributed by atoms with Crippen molar-refractivity contribution in [3.8, 4) is 17.2 Å². The standard InChI is InChI=1S/C25H21N/c1-25(2,3)18-14-12-17(13-15-18)24-21-10-6-4-8-19(21)23(16-26)20-9-5-7-11-22(20)24/h4-15H,1-3H3. The van der Waals surface area contributed by atoms with Crippen LogP contribution in [0.3, 0.4) is 0 Å². The molecule has 0 radical (unpaired) electrons. The van der Waals surface area contributed by atoms with Crippen molar-refractivity contribution < 1.29 is 0 Å². The van der Waals surface area contributed by atoms with Crippen molar-refractivity contribution in [3.63, 3.8) is 0 Å². The molecule has 0 saturated heterocycles. The van der Waals surface area contributed by atoms with Crippen LogP contribution in [0.2, 0.25) is 0 Å². The summed E-state index contributed by atoms with van der Waals surface area (Å²) in [6.45, 7) is 6.69. The van der Waals surface area contributed by atoms with E-state index in [-0.39, 0.29) is 5.41 Å². The smallest absolute Gasteiger partial charge is 0.100 e. The van der Waals surface area contributed by atoms with E-state index in [1.165, 1.54) is 16.7 Å². The van der Waals surface area contributed by atoms with Crippen LogP contribution in [0.15, 0.2) is 72.8 Å². The highest BCUT2D eigenvalue weighted by Crippen LogP contribution is 2.39. The number of hydrogen-bond donors (Lipinski definition) is 0. The number of nitriles is 1. The highest BCUT2D eigenvalue weighted by molar-refractivity contribution is 6.16. The van der Waals surface area contributed by atoms with E-state index in [1.807, 2.05) is 36.4 Å². The van der Waals surface area contributed by atoms with Gasteiger partial charge in [0, 0.05) is 10.8 Å². The predicted molar refractivity (Wildman–Crippen MR) is 110 cm³/mol. The van der Waals surface area contributed by atoms with Crippen molar-refractivity contribution in [2.45, 2.75) is 26.2 Å². The third-order valence-corrected chi connectivity index (χ3v) is 5.08. The molecule has 0 aromatic heterocycles. The fourth-order valence-corrected chi connectivity index (χ4v) is 3.70. The summed E-state index contributed by atoms with van der Waals surface area (Å²) in [5.74, 6) is 0. The Balaban J connectivity index is 2.10. The largest absolute Gasteiger partial charge is 0.192 e. The molecule has 4 aromatic rings. The first-order valence-corrected chi connectivity index (χ1v) is 8.95. The van der Waals surface area contributed by atoms with Gasteiger partial charge in [0.25, 0.3) is 0 Å². The zero-order chi connectivity index (χ0) is 18.3. The quantitative estimate of drug-likeness (QED) is 0.350. The average Bonchev–Trinajstić information content (AvgIpc) is 2.65.